The zero-order chi connectivity index (χ0) is 11.8. The minimum atomic E-state index is 0.136. The normalized spacial score (nSPS) is 18.6. The third-order valence-electron chi connectivity index (χ3n) is 3.06. The lowest BCUT2D eigenvalue weighted by Gasteiger charge is -2.16. The van der Waals surface area contributed by atoms with Crippen molar-refractivity contribution in [1.82, 2.24) is 10.2 Å². The van der Waals surface area contributed by atoms with Crippen molar-refractivity contribution in [3.8, 4) is 0 Å². The van der Waals surface area contributed by atoms with Gasteiger partial charge in [-0.25, -0.2) is 0 Å². The van der Waals surface area contributed by atoms with Crippen molar-refractivity contribution in [3.05, 3.63) is 0 Å². The Hall–Kier alpha value is -0.610. The molecule has 94 valence electrons. The van der Waals surface area contributed by atoms with Gasteiger partial charge in [-0.15, -0.1) is 0 Å². The third-order valence-corrected chi connectivity index (χ3v) is 3.06. The topological polar surface area (TPSA) is 52.6 Å². The number of aliphatic hydroxyl groups is 1. The van der Waals surface area contributed by atoms with Crippen LogP contribution < -0.4 is 5.32 Å². The molecule has 1 aliphatic rings. The number of likely N-dealkylation sites (tertiary alicyclic amines) is 1. The first-order valence-electron chi connectivity index (χ1n) is 6.35. The lowest BCUT2D eigenvalue weighted by atomic mass is 10.2. The van der Waals surface area contributed by atoms with Crippen molar-refractivity contribution < 1.29 is 9.90 Å². The fraction of sp³-hybridized carbons (Fsp3) is 0.917. The van der Waals surface area contributed by atoms with Crippen molar-refractivity contribution in [2.75, 3.05) is 26.2 Å². The van der Waals surface area contributed by atoms with Gasteiger partial charge in [0.05, 0.1) is 0 Å². The lowest BCUT2D eigenvalue weighted by Crippen LogP contribution is -2.35. The maximum absolute atomic E-state index is 11.6. The summed E-state index contributed by atoms with van der Waals surface area (Å²) in [6.45, 7) is 5.37. The van der Waals surface area contributed by atoms with Crippen LogP contribution in [-0.2, 0) is 4.79 Å². The van der Waals surface area contributed by atoms with E-state index in [1.807, 2.05) is 6.92 Å². The van der Waals surface area contributed by atoms with Gasteiger partial charge in [0.1, 0.15) is 0 Å². The monoisotopic (exact) mass is 228 g/mol. The highest BCUT2D eigenvalue weighted by atomic mass is 16.2. The number of nitrogens with one attached hydrogen (secondary N) is 1. The molecule has 2 N–H and O–H groups in total. The number of aliphatic hydroxyl groups excluding tert-OH is 1. The minimum Gasteiger partial charge on any atom is -0.396 e. The van der Waals surface area contributed by atoms with Gasteiger partial charge in [-0.2, -0.15) is 0 Å². The second-order valence-corrected chi connectivity index (χ2v) is 4.63. The molecule has 0 bridgehead atoms. The first kappa shape index (κ1) is 13.5. The fourth-order valence-electron chi connectivity index (χ4n) is 2.08. The zero-order valence-electron chi connectivity index (χ0n) is 10.2. The van der Waals surface area contributed by atoms with E-state index in [2.05, 4.69) is 10.2 Å². The maximum Gasteiger partial charge on any atom is 0.221 e. The molecule has 4 nitrogen and oxygen atoms in total. The number of carbonyl (C=O) groups excluding carboxylic acids is 1. The largest absolute Gasteiger partial charge is 0.396 e. The van der Waals surface area contributed by atoms with Crippen molar-refractivity contribution in [3.63, 3.8) is 0 Å². The molecule has 1 unspecified atom stereocenters. The first-order valence-corrected chi connectivity index (χ1v) is 6.35. The van der Waals surface area contributed by atoms with Crippen LogP contribution in [0.3, 0.4) is 0 Å². The van der Waals surface area contributed by atoms with E-state index in [0.717, 1.165) is 32.5 Å². The molecule has 1 heterocycles. The maximum atomic E-state index is 11.6. The van der Waals surface area contributed by atoms with Crippen molar-refractivity contribution in [2.45, 2.75) is 45.1 Å². The van der Waals surface area contributed by atoms with E-state index in [9.17, 15) is 4.79 Å². The molecule has 0 aliphatic carbocycles. The standard InChI is InChI=1S/C12H24N2O2/c1-11(5-4-10-15)13-12(16)6-9-14-7-2-3-8-14/h11,15H,2-10H2,1H3,(H,13,16). The Labute approximate surface area is 98.0 Å². The third kappa shape index (κ3) is 5.47. The quantitative estimate of drug-likeness (QED) is 0.676. The molecule has 1 amide bonds. The molecule has 0 radical (unpaired) electrons. The Morgan fingerprint density at radius 1 is 1.44 bits per heavy atom. The molecule has 1 aliphatic heterocycles. The van der Waals surface area contributed by atoms with E-state index >= 15 is 0 Å². The number of rotatable bonds is 7. The molecule has 0 aromatic rings. The van der Waals surface area contributed by atoms with Crippen LogP contribution in [0.2, 0.25) is 0 Å². The van der Waals surface area contributed by atoms with Gasteiger partial charge < -0.3 is 15.3 Å². The molecule has 4 heteroatoms. The average Bonchev–Trinajstić information content (AvgIpc) is 2.76. The average molecular weight is 228 g/mol. The highest BCUT2D eigenvalue weighted by Gasteiger charge is 2.13. The van der Waals surface area contributed by atoms with Gasteiger partial charge in [0.25, 0.3) is 0 Å². The van der Waals surface area contributed by atoms with Crippen LogP contribution in [0.15, 0.2) is 0 Å². The second kappa shape index (κ2) is 7.63. The minimum absolute atomic E-state index is 0.136. The number of hydrogen-bond donors (Lipinski definition) is 2. The molecule has 0 saturated carbocycles. The first-order chi connectivity index (χ1) is 7.72. The summed E-state index contributed by atoms with van der Waals surface area (Å²) in [5.41, 5.74) is 0. The van der Waals surface area contributed by atoms with E-state index in [1.54, 1.807) is 0 Å². The summed E-state index contributed by atoms with van der Waals surface area (Å²) < 4.78 is 0. The van der Waals surface area contributed by atoms with Gasteiger partial charge in [0, 0.05) is 25.6 Å². The van der Waals surface area contributed by atoms with Crippen LogP contribution in [-0.4, -0.2) is 48.2 Å². The number of carbonyl (C=O) groups is 1. The van der Waals surface area contributed by atoms with Gasteiger partial charge in [-0.05, 0) is 45.7 Å². The highest BCUT2D eigenvalue weighted by Crippen LogP contribution is 2.07. The van der Waals surface area contributed by atoms with E-state index in [-0.39, 0.29) is 18.6 Å². The molecule has 1 atom stereocenters. The number of hydrogen-bond acceptors (Lipinski definition) is 3. The summed E-state index contributed by atoms with van der Waals surface area (Å²) in [5, 5.41) is 11.6. The van der Waals surface area contributed by atoms with E-state index in [0.29, 0.717) is 6.42 Å². The molecule has 0 aromatic heterocycles. The lowest BCUT2D eigenvalue weighted by molar-refractivity contribution is -0.122. The summed E-state index contributed by atoms with van der Waals surface area (Å²) in [7, 11) is 0. The predicted molar refractivity (Wildman–Crippen MR) is 64.2 cm³/mol. The summed E-state index contributed by atoms with van der Waals surface area (Å²) in [6, 6.07) is 0.179. The van der Waals surface area contributed by atoms with Crippen molar-refractivity contribution in [1.29, 1.82) is 0 Å². The molecule has 0 aromatic carbocycles. The summed E-state index contributed by atoms with van der Waals surface area (Å²) in [6.07, 6.45) is 4.76. The molecule has 16 heavy (non-hydrogen) atoms. The molecule has 1 rings (SSSR count). The van der Waals surface area contributed by atoms with Crippen LogP contribution in [0, 0.1) is 0 Å². The second-order valence-electron chi connectivity index (χ2n) is 4.63. The van der Waals surface area contributed by atoms with Crippen molar-refractivity contribution >= 4 is 5.91 Å². The molecule has 1 saturated heterocycles. The Kier molecular flexibility index (Phi) is 6.42. The molecule has 1 fully saturated rings. The molecular weight excluding hydrogens is 204 g/mol. The van der Waals surface area contributed by atoms with Gasteiger partial charge in [-0.3, -0.25) is 4.79 Å². The Morgan fingerprint density at radius 2 is 2.12 bits per heavy atom. The fourth-order valence-corrected chi connectivity index (χ4v) is 2.08. The van der Waals surface area contributed by atoms with Crippen molar-refractivity contribution in [2.24, 2.45) is 0 Å². The van der Waals surface area contributed by atoms with Gasteiger partial charge in [-0.1, -0.05) is 0 Å². The summed E-state index contributed by atoms with van der Waals surface area (Å²) in [5.74, 6) is 0.136. The Balaban J connectivity index is 2.05. The van der Waals surface area contributed by atoms with Gasteiger partial charge in [0.15, 0.2) is 0 Å². The van der Waals surface area contributed by atoms with E-state index in [4.69, 9.17) is 5.11 Å². The Morgan fingerprint density at radius 3 is 2.75 bits per heavy atom. The zero-order valence-corrected chi connectivity index (χ0v) is 10.2. The number of nitrogens with zero attached hydrogens (tertiary/aromatic N) is 1. The SMILES string of the molecule is CC(CCCO)NC(=O)CCN1CCCC1. The molecular formula is C12H24N2O2. The smallest absolute Gasteiger partial charge is 0.221 e. The van der Waals surface area contributed by atoms with Gasteiger partial charge in [0.2, 0.25) is 5.91 Å². The van der Waals surface area contributed by atoms with Crippen LogP contribution >= 0.6 is 0 Å². The van der Waals surface area contributed by atoms with Crippen LogP contribution in [0.4, 0.5) is 0 Å². The highest BCUT2D eigenvalue weighted by molar-refractivity contribution is 5.76. The van der Waals surface area contributed by atoms with Crippen LogP contribution in [0.25, 0.3) is 0 Å². The van der Waals surface area contributed by atoms with E-state index in [1.165, 1.54) is 12.8 Å². The molecule has 0 spiro atoms. The number of amides is 1. The van der Waals surface area contributed by atoms with Crippen LogP contribution in [0.5, 0.6) is 0 Å². The van der Waals surface area contributed by atoms with E-state index < -0.39 is 0 Å². The predicted octanol–water partition coefficient (Wildman–Crippen LogP) is 0.749. The summed E-state index contributed by atoms with van der Waals surface area (Å²) in [4.78, 5) is 13.9. The van der Waals surface area contributed by atoms with Gasteiger partial charge >= 0.3 is 0 Å². The Bertz CT molecular complexity index is 203. The summed E-state index contributed by atoms with van der Waals surface area (Å²) >= 11 is 0. The van der Waals surface area contributed by atoms with Crippen LogP contribution in [0.1, 0.15) is 39.0 Å².